The molecule has 2 fully saturated rings. The Bertz CT molecular complexity index is 1040. The van der Waals surface area contributed by atoms with E-state index < -0.39 is 15.4 Å². The number of hydrogen-bond donors (Lipinski definition) is 0. The van der Waals surface area contributed by atoms with Crippen LogP contribution in [-0.4, -0.2) is 17.8 Å². The fourth-order valence-corrected chi connectivity index (χ4v) is 9.83. The van der Waals surface area contributed by atoms with Gasteiger partial charge in [-0.15, -0.1) is 0 Å². The maximum Gasteiger partial charge on any atom is 0.281 e. The molecule has 5 heteroatoms. The summed E-state index contributed by atoms with van der Waals surface area (Å²) in [6, 6.07) is 31.2. The average Bonchev–Trinajstić information content (AvgIpc) is 3.41. The molecule has 0 aromatic heterocycles. The van der Waals surface area contributed by atoms with Crippen LogP contribution in [0.3, 0.4) is 0 Å². The van der Waals surface area contributed by atoms with E-state index in [1.807, 2.05) is 54.9 Å². The molecule has 1 aliphatic heterocycles. The lowest BCUT2D eigenvalue weighted by Crippen LogP contribution is -2.26. The van der Waals surface area contributed by atoms with Crippen LogP contribution in [0, 0.1) is 30.6 Å². The van der Waals surface area contributed by atoms with Gasteiger partial charge >= 0.3 is 0 Å². The highest BCUT2D eigenvalue weighted by Gasteiger charge is 2.56. The van der Waals surface area contributed by atoms with Crippen molar-refractivity contribution in [1.82, 2.24) is 4.67 Å². The molecule has 1 aliphatic carbocycles. The van der Waals surface area contributed by atoms with Crippen molar-refractivity contribution in [3.05, 3.63) is 127 Å². The fourth-order valence-electron chi connectivity index (χ4n) is 4.37. The van der Waals surface area contributed by atoms with Crippen LogP contribution in [0.1, 0.15) is 18.6 Å². The molecule has 0 bridgehead atoms. The zero-order chi connectivity index (χ0) is 22.1. The molecule has 2 aliphatic rings. The summed E-state index contributed by atoms with van der Waals surface area (Å²) in [7, 11) is -2.16. The third kappa shape index (κ3) is 3.91. The van der Waals surface area contributed by atoms with E-state index in [0.29, 0.717) is 0 Å². The Kier molecular flexibility index (Phi) is 6.37. The topological polar surface area (TPSA) is 29.5 Å². The van der Waals surface area contributed by atoms with E-state index >= 15 is 0 Å². The second-order valence-corrected chi connectivity index (χ2v) is 12.6. The van der Waals surface area contributed by atoms with Gasteiger partial charge in [0.1, 0.15) is 6.10 Å². The first-order valence-electron chi connectivity index (χ1n) is 10.8. The van der Waals surface area contributed by atoms with Crippen molar-refractivity contribution in [1.29, 1.82) is 0 Å². The molecular weight excluding hydrogens is 432 g/mol. The van der Waals surface area contributed by atoms with Crippen LogP contribution < -0.4 is 10.6 Å². The lowest BCUT2D eigenvalue weighted by Gasteiger charge is -2.33. The number of nitrogens with zero attached hydrogens (tertiary/aromatic N) is 1. The maximum absolute atomic E-state index is 14.5. The van der Waals surface area contributed by atoms with E-state index in [1.165, 1.54) is 10.6 Å². The Morgan fingerprint density at radius 2 is 1.34 bits per heavy atom. The molecule has 3 nitrogen and oxygen atoms in total. The van der Waals surface area contributed by atoms with E-state index in [2.05, 4.69) is 74.0 Å². The highest BCUT2D eigenvalue weighted by atomic mass is 31.2. The zero-order valence-electron chi connectivity index (χ0n) is 18.2. The second kappa shape index (κ2) is 9.24. The summed E-state index contributed by atoms with van der Waals surface area (Å²) < 4.78 is 22.9. The molecule has 3 atom stereocenters. The van der Waals surface area contributed by atoms with Gasteiger partial charge in [-0.25, -0.2) is 4.67 Å². The van der Waals surface area contributed by atoms with Gasteiger partial charge in [0.25, 0.3) is 7.52 Å². The number of likely N-dealkylation sites (N-methyl/N-ethyl adjacent to an activating group) is 1. The largest absolute Gasteiger partial charge is 0.307 e. The third-order valence-electron chi connectivity index (χ3n) is 6.17. The van der Waals surface area contributed by atoms with Crippen LogP contribution in [0.15, 0.2) is 91.0 Å². The lowest BCUT2D eigenvalue weighted by molar-refractivity contribution is 0.211. The standard InChI is InChI=1S/C27H26NO2P2/c1-21-27(22-13-6-3-7-14-22)30-32(29,28(21)2)26-20-12-19-25(26)31(23-15-8-4-9-16-23)24-17-10-5-11-18-24/h3-21,27H,1-2H3/t21-,27-,32+/m0/s1. The number of hydrogen-bond acceptors (Lipinski definition) is 2. The van der Waals surface area contributed by atoms with Crippen molar-refractivity contribution in [2.45, 2.75) is 19.1 Å². The summed E-state index contributed by atoms with van der Waals surface area (Å²) in [6.45, 7) is 2.09. The molecule has 3 aromatic rings. The summed E-state index contributed by atoms with van der Waals surface area (Å²) in [4.78, 5) is 0. The van der Waals surface area contributed by atoms with Gasteiger partial charge in [-0.05, 0) is 57.3 Å². The minimum Gasteiger partial charge on any atom is -0.307 e. The first-order chi connectivity index (χ1) is 15.6. The van der Waals surface area contributed by atoms with Crippen molar-refractivity contribution in [2.75, 3.05) is 7.05 Å². The van der Waals surface area contributed by atoms with Crippen molar-refractivity contribution in [3.63, 3.8) is 0 Å². The van der Waals surface area contributed by atoms with Gasteiger partial charge < -0.3 is 4.52 Å². The highest BCUT2D eigenvalue weighted by Crippen LogP contribution is 2.76. The normalized spacial score (nSPS) is 27.3. The van der Waals surface area contributed by atoms with Gasteiger partial charge in [0, 0.05) is 11.7 Å². The predicted molar refractivity (Wildman–Crippen MR) is 134 cm³/mol. The molecule has 1 saturated heterocycles. The predicted octanol–water partition coefficient (Wildman–Crippen LogP) is 6.09. The SMILES string of the molecule is C[C@H]1[C@@H](c2ccccc2)O[P@](=O)([C]2[CH][CH][CH][C]2P(c2ccccc2)c2ccccc2)N1C. The van der Waals surface area contributed by atoms with E-state index in [1.54, 1.807) is 0 Å². The van der Waals surface area contributed by atoms with Gasteiger partial charge in [0.05, 0.1) is 5.66 Å². The van der Waals surface area contributed by atoms with Crippen LogP contribution in [0.4, 0.5) is 0 Å². The maximum atomic E-state index is 14.5. The van der Waals surface area contributed by atoms with Gasteiger partial charge in [-0.3, -0.25) is 4.57 Å². The Labute approximate surface area is 193 Å². The van der Waals surface area contributed by atoms with Gasteiger partial charge in [0.15, 0.2) is 0 Å². The smallest absolute Gasteiger partial charge is 0.281 e. The first-order valence-corrected chi connectivity index (χ1v) is 13.7. The minimum absolute atomic E-state index is 0.00524. The summed E-state index contributed by atoms with van der Waals surface area (Å²) in [5, 5.41) is 2.48. The molecular formula is C27H26NO2P2. The van der Waals surface area contributed by atoms with E-state index in [-0.39, 0.29) is 12.1 Å². The Hall–Kier alpha value is -1.76. The van der Waals surface area contributed by atoms with E-state index in [4.69, 9.17) is 4.52 Å². The van der Waals surface area contributed by atoms with Gasteiger partial charge in [-0.1, -0.05) is 91.0 Å². The minimum atomic E-state index is -3.23. The first kappa shape index (κ1) is 22.1. The van der Waals surface area contributed by atoms with E-state index in [9.17, 15) is 4.57 Å². The molecule has 1 heterocycles. The zero-order valence-corrected chi connectivity index (χ0v) is 20.0. The fraction of sp³-hybridized carbons (Fsp3) is 0.148. The molecule has 0 unspecified atom stereocenters. The van der Waals surface area contributed by atoms with Crippen molar-refractivity contribution in [2.24, 2.45) is 0 Å². The Morgan fingerprint density at radius 3 is 1.91 bits per heavy atom. The quantitative estimate of drug-likeness (QED) is 0.433. The summed E-state index contributed by atoms with van der Waals surface area (Å²) >= 11 is 0. The molecule has 0 spiro atoms. The summed E-state index contributed by atoms with van der Waals surface area (Å²) in [5.41, 5.74) is 2.99. The summed E-state index contributed by atoms with van der Waals surface area (Å²) in [5.74, 6) is 0. The van der Waals surface area contributed by atoms with Crippen molar-refractivity contribution >= 4 is 26.1 Å². The molecule has 0 N–H and O–H groups in total. The van der Waals surface area contributed by atoms with Crippen molar-refractivity contribution in [3.8, 4) is 0 Å². The van der Waals surface area contributed by atoms with Gasteiger partial charge in [0.2, 0.25) is 0 Å². The molecule has 161 valence electrons. The number of benzene rings is 3. The van der Waals surface area contributed by atoms with Crippen LogP contribution in [0.25, 0.3) is 0 Å². The number of rotatable bonds is 5. The second-order valence-electron chi connectivity index (χ2n) is 8.07. The Morgan fingerprint density at radius 1 is 0.812 bits per heavy atom. The van der Waals surface area contributed by atoms with Crippen molar-refractivity contribution < 1.29 is 9.09 Å². The monoisotopic (exact) mass is 458 g/mol. The summed E-state index contributed by atoms with van der Waals surface area (Å²) in [6.07, 6.45) is 5.91. The van der Waals surface area contributed by atoms with Crippen LogP contribution >= 0.6 is 15.4 Å². The highest BCUT2D eigenvalue weighted by molar-refractivity contribution is 7.77. The Balaban J connectivity index is 1.52. The molecule has 0 amide bonds. The molecule has 32 heavy (non-hydrogen) atoms. The third-order valence-corrected chi connectivity index (χ3v) is 11.6. The molecule has 5 radical (unpaired) electrons. The van der Waals surface area contributed by atoms with Crippen LogP contribution in [-0.2, 0) is 9.09 Å². The lowest BCUT2D eigenvalue weighted by atomic mass is 10.0. The molecule has 3 aromatic carbocycles. The van der Waals surface area contributed by atoms with E-state index in [0.717, 1.165) is 16.9 Å². The molecule has 1 saturated carbocycles. The molecule has 5 rings (SSSR count). The van der Waals surface area contributed by atoms with Gasteiger partial charge in [-0.2, -0.15) is 0 Å². The van der Waals surface area contributed by atoms with Crippen LogP contribution in [0.5, 0.6) is 0 Å². The average molecular weight is 458 g/mol. The van der Waals surface area contributed by atoms with Crippen LogP contribution in [0.2, 0.25) is 0 Å².